The van der Waals surface area contributed by atoms with Crippen LogP contribution in [-0.2, 0) is 7.05 Å². The van der Waals surface area contributed by atoms with E-state index in [1.54, 1.807) is 24.2 Å². The van der Waals surface area contributed by atoms with E-state index in [-0.39, 0.29) is 6.01 Å². The molecular weight excluding hydrogens is 208 g/mol. The van der Waals surface area contributed by atoms with E-state index in [1.165, 1.54) is 7.11 Å². The van der Waals surface area contributed by atoms with Crippen LogP contribution in [0.5, 0.6) is 11.9 Å². The van der Waals surface area contributed by atoms with Crippen LogP contribution < -0.4 is 9.47 Å². The highest BCUT2D eigenvalue weighted by molar-refractivity contribution is 5.66. The second kappa shape index (κ2) is 4.18. The topological polar surface area (TPSA) is 62.1 Å². The predicted molar refractivity (Wildman–Crippen MR) is 57.3 cm³/mol. The summed E-state index contributed by atoms with van der Waals surface area (Å²) in [6, 6.07) is 0.282. The second-order valence-electron chi connectivity index (χ2n) is 3.18. The molecule has 16 heavy (non-hydrogen) atoms. The maximum atomic E-state index is 5.18. The minimum Gasteiger partial charge on any atom is -0.480 e. The average Bonchev–Trinajstić information content (AvgIpc) is 2.74. The molecule has 0 aromatic carbocycles. The largest absolute Gasteiger partial charge is 0.480 e. The molecule has 0 N–H and O–H groups in total. The third kappa shape index (κ3) is 1.81. The van der Waals surface area contributed by atoms with Gasteiger partial charge < -0.3 is 9.47 Å². The smallest absolute Gasteiger partial charge is 0.319 e. The molecule has 0 aliphatic rings. The van der Waals surface area contributed by atoms with E-state index in [4.69, 9.17) is 9.47 Å². The van der Waals surface area contributed by atoms with Gasteiger partial charge in [0, 0.05) is 25.0 Å². The minimum absolute atomic E-state index is 0.282. The van der Waals surface area contributed by atoms with Gasteiger partial charge in [-0.3, -0.25) is 4.68 Å². The van der Waals surface area contributed by atoms with E-state index in [9.17, 15) is 0 Å². The molecule has 0 saturated heterocycles. The summed E-state index contributed by atoms with van der Waals surface area (Å²) in [4.78, 5) is 8.14. The quantitative estimate of drug-likeness (QED) is 0.768. The zero-order chi connectivity index (χ0) is 11.5. The summed E-state index contributed by atoms with van der Waals surface area (Å²) in [5.74, 6) is 0.472. The van der Waals surface area contributed by atoms with Crippen molar-refractivity contribution in [2.75, 3.05) is 14.2 Å². The Morgan fingerprint density at radius 3 is 2.56 bits per heavy atom. The van der Waals surface area contributed by atoms with Gasteiger partial charge in [-0.25, -0.2) is 4.98 Å². The minimum atomic E-state index is 0.282. The van der Waals surface area contributed by atoms with Crippen molar-refractivity contribution in [2.45, 2.75) is 0 Å². The number of aromatic nitrogens is 4. The van der Waals surface area contributed by atoms with Gasteiger partial charge in [-0.15, -0.1) is 0 Å². The predicted octanol–water partition coefficient (Wildman–Crippen LogP) is 0.894. The maximum absolute atomic E-state index is 5.18. The fraction of sp³-hybridized carbons (Fsp3) is 0.300. The van der Waals surface area contributed by atoms with Crippen LogP contribution >= 0.6 is 0 Å². The van der Waals surface area contributed by atoms with Crippen molar-refractivity contribution in [1.29, 1.82) is 0 Å². The molecule has 0 spiro atoms. The number of methoxy groups -OCH3 is 2. The van der Waals surface area contributed by atoms with Gasteiger partial charge in [-0.2, -0.15) is 10.1 Å². The standard InChI is InChI=1S/C10H12N4O2/c1-14-6-7(4-12-14)8-5-11-10(16-3)13-9(8)15-2/h4-6H,1-3H3. The molecule has 6 heteroatoms. The summed E-state index contributed by atoms with van der Waals surface area (Å²) in [7, 11) is 4.92. The van der Waals surface area contributed by atoms with Gasteiger partial charge in [-0.1, -0.05) is 0 Å². The third-order valence-corrected chi connectivity index (χ3v) is 2.12. The lowest BCUT2D eigenvalue weighted by atomic mass is 10.2. The highest BCUT2D eigenvalue weighted by atomic mass is 16.5. The number of hydrogen-bond donors (Lipinski definition) is 0. The monoisotopic (exact) mass is 220 g/mol. The summed E-state index contributed by atoms with van der Waals surface area (Å²) in [5.41, 5.74) is 1.69. The molecule has 0 aliphatic heterocycles. The number of hydrogen-bond acceptors (Lipinski definition) is 5. The van der Waals surface area contributed by atoms with E-state index in [2.05, 4.69) is 15.1 Å². The van der Waals surface area contributed by atoms with Gasteiger partial charge >= 0.3 is 6.01 Å². The van der Waals surface area contributed by atoms with Crippen LogP contribution in [-0.4, -0.2) is 34.0 Å². The van der Waals surface area contributed by atoms with Crippen LogP contribution in [0.25, 0.3) is 11.1 Å². The first-order valence-electron chi connectivity index (χ1n) is 4.68. The molecule has 6 nitrogen and oxygen atoms in total. The van der Waals surface area contributed by atoms with Crippen molar-refractivity contribution < 1.29 is 9.47 Å². The van der Waals surface area contributed by atoms with Crippen LogP contribution in [0, 0.1) is 0 Å². The zero-order valence-electron chi connectivity index (χ0n) is 9.34. The van der Waals surface area contributed by atoms with Gasteiger partial charge in [0.1, 0.15) is 0 Å². The van der Waals surface area contributed by atoms with Gasteiger partial charge in [0.25, 0.3) is 0 Å². The summed E-state index contributed by atoms with van der Waals surface area (Å²) < 4.78 is 11.8. The Balaban J connectivity index is 2.48. The number of nitrogens with zero attached hydrogens (tertiary/aromatic N) is 4. The van der Waals surface area contributed by atoms with E-state index >= 15 is 0 Å². The van der Waals surface area contributed by atoms with E-state index in [0.29, 0.717) is 5.88 Å². The van der Waals surface area contributed by atoms with Gasteiger partial charge in [0.15, 0.2) is 0 Å². The fourth-order valence-corrected chi connectivity index (χ4v) is 1.36. The molecule has 2 aromatic heterocycles. The Hall–Kier alpha value is -2.11. The Morgan fingerprint density at radius 2 is 2.00 bits per heavy atom. The zero-order valence-corrected chi connectivity index (χ0v) is 9.34. The van der Waals surface area contributed by atoms with Crippen LogP contribution in [0.15, 0.2) is 18.6 Å². The van der Waals surface area contributed by atoms with Crippen molar-refractivity contribution in [3.8, 4) is 23.0 Å². The molecule has 0 radical (unpaired) electrons. The normalized spacial score (nSPS) is 10.2. The molecular formula is C10H12N4O2. The van der Waals surface area contributed by atoms with Crippen LogP contribution in [0.1, 0.15) is 0 Å². The van der Waals surface area contributed by atoms with Gasteiger partial charge in [0.05, 0.1) is 26.0 Å². The summed E-state index contributed by atoms with van der Waals surface area (Å²) in [5, 5.41) is 4.09. The van der Waals surface area contributed by atoms with Crippen molar-refractivity contribution >= 4 is 0 Å². The summed E-state index contributed by atoms with van der Waals surface area (Å²) in [6.07, 6.45) is 5.25. The molecule has 0 aliphatic carbocycles. The van der Waals surface area contributed by atoms with Crippen molar-refractivity contribution in [2.24, 2.45) is 7.05 Å². The molecule has 2 aromatic rings. The van der Waals surface area contributed by atoms with Gasteiger partial charge in [0.2, 0.25) is 5.88 Å². The number of rotatable bonds is 3. The van der Waals surface area contributed by atoms with Crippen LogP contribution in [0.4, 0.5) is 0 Å². The first-order chi connectivity index (χ1) is 7.74. The summed E-state index contributed by atoms with van der Waals surface area (Å²) in [6.45, 7) is 0. The Morgan fingerprint density at radius 1 is 1.19 bits per heavy atom. The lowest BCUT2D eigenvalue weighted by Gasteiger charge is -2.05. The molecule has 0 saturated carbocycles. The van der Waals surface area contributed by atoms with Crippen molar-refractivity contribution in [3.63, 3.8) is 0 Å². The molecule has 0 amide bonds. The third-order valence-electron chi connectivity index (χ3n) is 2.12. The molecule has 0 unspecified atom stereocenters. The Bertz CT molecular complexity index is 495. The maximum Gasteiger partial charge on any atom is 0.319 e. The Kier molecular flexibility index (Phi) is 2.72. The van der Waals surface area contributed by atoms with Crippen LogP contribution in [0.3, 0.4) is 0 Å². The molecule has 0 atom stereocenters. The van der Waals surface area contributed by atoms with Crippen molar-refractivity contribution in [1.82, 2.24) is 19.7 Å². The molecule has 84 valence electrons. The molecule has 2 heterocycles. The fourth-order valence-electron chi connectivity index (χ4n) is 1.36. The average molecular weight is 220 g/mol. The highest BCUT2D eigenvalue weighted by Gasteiger charge is 2.11. The van der Waals surface area contributed by atoms with Crippen molar-refractivity contribution in [3.05, 3.63) is 18.6 Å². The van der Waals surface area contributed by atoms with E-state index < -0.39 is 0 Å². The molecule has 2 rings (SSSR count). The van der Waals surface area contributed by atoms with E-state index in [1.807, 2.05) is 13.2 Å². The first kappa shape index (κ1) is 10.4. The summed E-state index contributed by atoms with van der Waals surface area (Å²) >= 11 is 0. The van der Waals surface area contributed by atoms with E-state index in [0.717, 1.165) is 11.1 Å². The Labute approximate surface area is 92.9 Å². The molecule has 0 fully saturated rings. The second-order valence-corrected chi connectivity index (χ2v) is 3.18. The number of aryl methyl sites for hydroxylation is 1. The highest BCUT2D eigenvalue weighted by Crippen LogP contribution is 2.27. The number of ether oxygens (including phenoxy) is 2. The lowest BCUT2D eigenvalue weighted by Crippen LogP contribution is -1.97. The first-order valence-corrected chi connectivity index (χ1v) is 4.68. The SMILES string of the molecule is COc1ncc(-c2cnn(C)c2)c(OC)n1. The molecule has 0 bridgehead atoms. The van der Waals surface area contributed by atoms with Gasteiger partial charge in [-0.05, 0) is 0 Å². The van der Waals surface area contributed by atoms with Crippen LogP contribution in [0.2, 0.25) is 0 Å². The lowest BCUT2D eigenvalue weighted by molar-refractivity contribution is 0.353.